The minimum absolute atomic E-state index is 0.636. The molecule has 0 aliphatic carbocycles. The number of hydrogen-bond acceptors (Lipinski definition) is 3. The highest BCUT2D eigenvalue weighted by Crippen LogP contribution is 2.08. The smallest absolute Gasteiger partial charge is 0.0718 e. The molecule has 0 fully saturated rings. The van der Waals surface area contributed by atoms with Crippen LogP contribution < -0.4 is 0 Å². The van der Waals surface area contributed by atoms with Crippen LogP contribution in [0.25, 0.3) is 0 Å². The zero-order valence-corrected chi connectivity index (χ0v) is 9.77. The van der Waals surface area contributed by atoms with Crippen molar-refractivity contribution in [1.82, 2.24) is 9.88 Å². The molecule has 0 radical (unpaired) electrons. The average Bonchev–Trinajstić information content (AvgIpc) is 2.16. The van der Waals surface area contributed by atoms with Gasteiger partial charge < -0.3 is 5.11 Å². The molecule has 0 unspecified atom stereocenters. The maximum atomic E-state index is 9.74. The zero-order chi connectivity index (χ0) is 11.3. The van der Waals surface area contributed by atoms with Gasteiger partial charge in [-0.2, -0.15) is 0 Å². The standard InChI is InChI=1S/C12H20N2O/c1-4-14(10-12(2,3)15)9-11-5-7-13-8-6-11/h5-8,15H,4,9-10H2,1-3H3. The van der Waals surface area contributed by atoms with Gasteiger partial charge in [0, 0.05) is 25.5 Å². The lowest BCUT2D eigenvalue weighted by atomic mass is 10.1. The first kappa shape index (κ1) is 12.1. The Morgan fingerprint density at radius 1 is 1.33 bits per heavy atom. The summed E-state index contributed by atoms with van der Waals surface area (Å²) in [5.41, 5.74) is 0.597. The van der Waals surface area contributed by atoms with E-state index in [2.05, 4.69) is 16.8 Å². The van der Waals surface area contributed by atoms with Crippen molar-refractivity contribution in [3.05, 3.63) is 30.1 Å². The Hall–Kier alpha value is -0.930. The number of aromatic nitrogens is 1. The largest absolute Gasteiger partial charge is 0.389 e. The van der Waals surface area contributed by atoms with Crippen LogP contribution in [0.1, 0.15) is 26.3 Å². The molecule has 1 aromatic heterocycles. The van der Waals surface area contributed by atoms with Gasteiger partial charge in [0.05, 0.1) is 5.60 Å². The van der Waals surface area contributed by atoms with Crippen molar-refractivity contribution in [2.45, 2.75) is 32.9 Å². The predicted octanol–water partition coefficient (Wildman–Crippen LogP) is 1.67. The van der Waals surface area contributed by atoms with Gasteiger partial charge in [-0.1, -0.05) is 6.92 Å². The summed E-state index contributed by atoms with van der Waals surface area (Å²) in [6.45, 7) is 8.26. The van der Waals surface area contributed by atoms with Gasteiger partial charge in [0.25, 0.3) is 0 Å². The van der Waals surface area contributed by atoms with Crippen LogP contribution in [0, 0.1) is 0 Å². The monoisotopic (exact) mass is 208 g/mol. The molecule has 0 aliphatic rings. The first-order valence-electron chi connectivity index (χ1n) is 5.35. The molecule has 0 amide bonds. The molecule has 0 saturated carbocycles. The zero-order valence-electron chi connectivity index (χ0n) is 9.77. The Morgan fingerprint density at radius 2 is 1.93 bits per heavy atom. The van der Waals surface area contributed by atoms with Gasteiger partial charge in [-0.05, 0) is 38.1 Å². The van der Waals surface area contributed by atoms with E-state index >= 15 is 0 Å². The van der Waals surface area contributed by atoms with E-state index in [0.717, 1.165) is 13.1 Å². The van der Waals surface area contributed by atoms with Gasteiger partial charge in [0.2, 0.25) is 0 Å². The number of likely N-dealkylation sites (N-methyl/N-ethyl adjacent to an activating group) is 1. The summed E-state index contributed by atoms with van der Waals surface area (Å²) in [6.07, 6.45) is 3.60. The number of hydrogen-bond donors (Lipinski definition) is 1. The molecule has 0 spiro atoms. The molecule has 1 aromatic rings. The van der Waals surface area contributed by atoms with E-state index in [-0.39, 0.29) is 0 Å². The second-order valence-corrected chi connectivity index (χ2v) is 4.47. The SMILES string of the molecule is CCN(Cc1ccncc1)CC(C)(C)O. The van der Waals surface area contributed by atoms with Crippen LogP contribution in [0.15, 0.2) is 24.5 Å². The van der Waals surface area contributed by atoms with Crippen molar-refractivity contribution in [3.8, 4) is 0 Å². The minimum atomic E-state index is -0.636. The summed E-state index contributed by atoms with van der Waals surface area (Å²) < 4.78 is 0. The molecule has 1 heterocycles. The fraction of sp³-hybridized carbons (Fsp3) is 0.583. The van der Waals surface area contributed by atoms with Crippen molar-refractivity contribution in [3.63, 3.8) is 0 Å². The quantitative estimate of drug-likeness (QED) is 0.799. The van der Waals surface area contributed by atoms with Crippen LogP contribution in [0.2, 0.25) is 0 Å². The van der Waals surface area contributed by atoms with Crippen molar-refractivity contribution in [2.75, 3.05) is 13.1 Å². The van der Waals surface area contributed by atoms with Crippen LogP contribution in [0.5, 0.6) is 0 Å². The van der Waals surface area contributed by atoms with E-state index in [1.54, 1.807) is 12.4 Å². The molecule has 0 saturated heterocycles. The number of rotatable bonds is 5. The van der Waals surface area contributed by atoms with Gasteiger partial charge in [0.15, 0.2) is 0 Å². The molecule has 0 aromatic carbocycles. The fourth-order valence-electron chi connectivity index (χ4n) is 1.57. The van der Waals surface area contributed by atoms with E-state index in [9.17, 15) is 5.11 Å². The van der Waals surface area contributed by atoms with E-state index in [1.165, 1.54) is 5.56 Å². The van der Waals surface area contributed by atoms with Crippen LogP contribution in [-0.4, -0.2) is 33.7 Å². The third-order valence-electron chi connectivity index (χ3n) is 2.21. The molecule has 3 nitrogen and oxygen atoms in total. The van der Waals surface area contributed by atoms with Crippen LogP contribution in [-0.2, 0) is 6.54 Å². The number of aliphatic hydroxyl groups is 1. The Balaban J connectivity index is 2.55. The summed E-state index contributed by atoms with van der Waals surface area (Å²) in [4.78, 5) is 6.20. The molecular weight excluding hydrogens is 188 g/mol. The van der Waals surface area contributed by atoms with Crippen LogP contribution >= 0.6 is 0 Å². The average molecular weight is 208 g/mol. The molecule has 15 heavy (non-hydrogen) atoms. The number of nitrogens with zero attached hydrogens (tertiary/aromatic N) is 2. The van der Waals surface area contributed by atoms with Crippen molar-refractivity contribution in [1.29, 1.82) is 0 Å². The van der Waals surface area contributed by atoms with Gasteiger partial charge in [-0.3, -0.25) is 9.88 Å². The van der Waals surface area contributed by atoms with E-state index < -0.39 is 5.60 Å². The van der Waals surface area contributed by atoms with Crippen LogP contribution in [0.4, 0.5) is 0 Å². The summed E-state index contributed by atoms with van der Waals surface area (Å²) in [5, 5.41) is 9.74. The molecule has 3 heteroatoms. The summed E-state index contributed by atoms with van der Waals surface area (Å²) in [6, 6.07) is 4.01. The highest BCUT2D eigenvalue weighted by molar-refractivity contribution is 5.09. The lowest BCUT2D eigenvalue weighted by Gasteiger charge is -2.27. The van der Waals surface area contributed by atoms with E-state index in [0.29, 0.717) is 6.54 Å². The third kappa shape index (κ3) is 4.91. The molecule has 1 N–H and O–H groups in total. The van der Waals surface area contributed by atoms with Gasteiger partial charge in [-0.15, -0.1) is 0 Å². The van der Waals surface area contributed by atoms with E-state index in [4.69, 9.17) is 0 Å². The van der Waals surface area contributed by atoms with Gasteiger partial charge in [0.1, 0.15) is 0 Å². The normalized spacial score (nSPS) is 12.1. The lowest BCUT2D eigenvalue weighted by Crippen LogP contribution is -2.38. The Morgan fingerprint density at radius 3 is 2.40 bits per heavy atom. The second-order valence-electron chi connectivity index (χ2n) is 4.47. The highest BCUT2D eigenvalue weighted by atomic mass is 16.3. The first-order valence-corrected chi connectivity index (χ1v) is 5.35. The molecule has 1 rings (SSSR count). The van der Waals surface area contributed by atoms with Gasteiger partial charge >= 0.3 is 0 Å². The van der Waals surface area contributed by atoms with E-state index in [1.807, 2.05) is 26.0 Å². The number of pyridine rings is 1. The summed E-state index contributed by atoms with van der Waals surface area (Å²) in [7, 11) is 0. The highest BCUT2D eigenvalue weighted by Gasteiger charge is 2.16. The molecular formula is C12H20N2O. The maximum absolute atomic E-state index is 9.74. The molecule has 0 aliphatic heterocycles. The third-order valence-corrected chi connectivity index (χ3v) is 2.21. The minimum Gasteiger partial charge on any atom is -0.389 e. The van der Waals surface area contributed by atoms with Crippen LogP contribution in [0.3, 0.4) is 0 Å². The Kier molecular flexibility index (Phi) is 4.24. The van der Waals surface area contributed by atoms with Crippen molar-refractivity contribution >= 4 is 0 Å². The first-order chi connectivity index (χ1) is 7.01. The van der Waals surface area contributed by atoms with Crippen molar-refractivity contribution in [2.24, 2.45) is 0 Å². The van der Waals surface area contributed by atoms with Crippen molar-refractivity contribution < 1.29 is 5.11 Å². The molecule has 0 atom stereocenters. The molecule has 84 valence electrons. The summed E-state index contributed by atoms with van der Waals surface area (Å²) in [5.74, 6) is 0. The maximum Gasteiger partial charge on any atom is 0.0718 e. The predicted molar refractivity (Wildman–Crippen MR) is 61.5 cm³/mol. The van der Waals surface area contributed by atoms with Gasteiger partial charge in [-0.25, -0.2) is 0 Å². The molecule has 0 bridgehead atoms. The Labute approximate surface area is 91.8 Å². The topological polar surface area (TPSA) is 36.4 Å². The second kappa shape index (κ2) is 5.24. The summed E-state index contributed by atoms with van der Waals surface area (Å²) >= 11 is 0. The lowest BCUT2D eigenvalue weighted by molar-refractivity contribution is 0.0353. The Bertz CT molecular complexity index is 279. The fourth-order valence-corrected chi connectivity index (χ4v) is 1.57.